The Morgan fingerprint density at radius 2 is 1.83 bits per heavy atom. The molecule has 0 aliphatic heterocycles. The molecule has 160 valence electrons. The van der Waals surface area contributed by atoms with Crippen molar-refractivity contribution in [3.8, 4) is 0 Å². The lowest BCUT2D eigenvalue weighted by atomic mass is 10.0. The summed E-state index contributed by atoms with van der Waals surface area (Å²) in [5, 5.41) is 2.33. The lowest BCUT2D eigenvalue weighted by Crippen LogP contribution is -2.30. The van der Waals surface area contributed by atoms with E-state index in [1.165, 1.54) is 13.8 Å². The number of Topliss-reactive ketones (excluding diaryl/α,β-unsaturated/α-hetero) is 2. The zero-order chi connectivity index (χ0) is 22.6. The standard InChI is InChI=1S/C21H22F2N2O5/c1-10-18(12(3)26)11(2)25-19(10)20(28)13(4)30-17(27)7-8-24-21(29)15-6-5-14(22)9-16(15)23/h5-6,9,13,25H,7-8H2,1-4H3,(H,24,29). The van der Waals surface area contributed by atoms with E-state index in [0.29, 0.717) is 22.9 Å². The van der Waals surface area contributed by atoms with E-state index in [0.717, 1.165) is 12.1 Å². The van der Waals surface area contributed by atoms with Gasteiger partial charge >= 0.3 is 5.97 Å². The zero-order valence-electron chi connectivity index (χ0n) is 17.0. The smallest absolute Gasteiger partial charge is 0.308 e. The van der Waals surface area contributed by atoms with Crippen LogP contribution in [0.3, 0.4) is 0 Å². The van der Waals surface area contributed by atoms with E-state index in [2.05, 4.69) is 10.3 Å². The van der Waals surface area contributed by atoms with E-state index in [4.69, 9.17) is 4.74 Å². The summed E-state index contributed by atoms with van der Waals surface area (Å²) in [4.78, 5) is 51.0. The van der Waals surface area contributed by atoms with Gasteiger partial charge in [0, 0.05) is 23.9 Å². The molecule has 9 heteroatoms. The number of rotatable bonds is 8. The van der Waals surface area contributed by atoms with E-state index in [-0.39, 0.29) is 30.0 Å². The first-order valence-corrected chi connectivity index (χ1v) is 9.20. The van der Waals surface area contributed by atoms with Gasteiger partial charge in [-0.05, 0) is 45.4 Å². The molecule has 1 atom stereocenters. The summed E-state index contributed by atoms with van der Waals surface area (Å²) in [5.74, 6) is -4.06. The number of aryl methyl sites for hydroxylation is 1. The third kappa shape index (κ3) is 5.16. The number of aromatic amines is 1. The van der Waals surface area contributed by atoms with Crippen LogP contribution in [0.4, 0.5) is 8.78 Å². The number of ether oxygens (including phenoxy) is 1. The van der Waals surface area contributed by atoms with E-state index >= 15 is 0 Å². The SMILES string of the molecule is CC(=O)c1c(C)[nH]c(C(=O)C(C)OC(=O)CCNC(=O)c2ccc(F)cc2F)c1C. The Balaban J connectivity index is 1.90. The van der Waals surface area contributed by atoms with Gasteiger partial charge in [-0.1, -0.05) is 0 Å². The number of hydrogen-bond acceptors (Lipinski definition) is 5. The minimum Gasteiger partial charge on any atom is -0.454 e. The molecule has 0 bridgehead atoms. The number of carbonyl (C=O) groups excluding carboxylic acids is 4. The van der Waals surface area contributed by atoms with Crippen molar-refractivity contribution in [2.45, 2.75) is 40.2 Å². The number of hydrogen-bond donors (Lipinski definition) is 2. The van der Waals surface area contributed by atoms with Crippen molar-refractivity contribution in [3.63, 3.8) is 0 Å². The lowest BCUT2D eigenvalue weighted by Gasteiger charge is -2.12. The Morgan fingerprint density at radius 1 is 1.17 bits per heavy atom. The molecule has 2 rings (SSSR count). The average Bonchev–Trinajstić information content (AvgIpc) is 2.95. The second-order valence-corrected chi connectivity index (χ2v) is 6.81. The first-order chi connectivity index (χ1) is 14.0. The third-order valence-electron chi connectivity index (χ3n) is 4.50. The van der Waals surface area contributed by atoms with Crippen LogP contribution in [0.25, 0.3) is 0 Å². The second-order valence-electron chi connectivity index (χ2n) is 6.81. The number of carbonyl (C=O) groups is 4. The summed E-state index contributed by atoms with van der Waals surface area (Å²) in [6, 6.07) is 2.52. The predicted molar refractivity (Wildman–Crippen MR) is 103 cm³/mol. The van der Waals surface area contributed by atoms with Crippen LogP contribution in [0.2, 0.25) is 0 Å². The Hall–Kier alpha value is -3.36. The molecule has 2 N–H and O–H groups in total. The van der Waals surface area contributed by atoms with Crippen LogP contribution < -0.4 is 5.32 Å². The van der Waals surface area contributed by atoms with Crippen LogP contribution in [-0.2, 0) is 9.53 Å². The van der Waals surface area contributed by atoms with Crippen molar-refractivity contribution >= 4 is 23.4 Å². The molecule has 1 unspecified atom stereocenters. The second kappa shape index (κ2) is 9.43. The Bertz CT molecular complexity index is 1010. The van der Waals surface area contributed by atoms with Crippen LogP contribution in [-0.4, -0.2) is 41.1 Å². The van der Waals surface area contributed by atoms with Gasteiger partial charge in [-0.2, -0.15) is 0 Å². The quantitative estimate of drug-likeness (QED) is 0.504. The first-order valence-electron chi connectivity index (χ1n) is 9.20. The Kier molecular flexibility index (Phi) is 7.20. The molecule has 0 spiro atoms. The Morgan fingerprint density at radius 3 is 2.40 bits per heavy atom. The molecule has 0 saturated carbocycles. The lowest BCUT2D eigenvalue weighted by molar-refractivity contribution is -0.146. The molecule has 1 heterocycles. The molecule has 0 fully saturated rings. The van der Waals surface area contributed by atoms with Gasteiger partial charge in [-0.25, -0.2) is 8.78 Å². The van der Waals surface area contributed by atoms with Crippen molar-refractivity contribution < 1.29 is 32.7 Å². The molecule has 0 aliphatic rings. The van der Waals surface area contributed by atoms with Crippen molar-refractivity contribution in [1.82, 2.24) is 10.3 Å². The predicted octanol–water partition coefficient (Wildman–Crippen LogP) is 3.05. The number of halogens is 2. The number of nitrogens with one attached hydrogen (secondary N) is 2. The van der Waals surface area contributed by atoms with E-state index in [1.807, 2.05) is 0 Å². The minimum absolute atomic E-state index is 0.162. The number of H-pyrrole nitrogens is 1. The molecule has 0 saturated heterocycles. The van der Waals surface area contributed by atoms with Gasteiger partial charge in [-0.15, -0.1) is 0 Å². The first kappa shape index (κ1) is 22.9. The van der Waals surface area contributed by atoms with E-state index in [9.17, 15) is 28.0 Å². The summed E-state index contributed by atoms with van der Waals surface area (Å²) < 4.78 is 31.5. The number of aromatic nitrogens is 1. The normalized spacial score (nSPS) is 11.7. The highest BCUT2D eigenvalue weighted by Gasteiger charge is 2.26. The molecular formula is C21H22F2N2O5. The maximum Gasteiger partial charge on any atom is 0.308 e. The summed E-state index contributed by atoms with van der Waals surface area (Å²) in [5.41, 5.74) is 1.30. The van der Waals surface area contributed by atoms with E-state index < -0.39 is 35.4 Å². The van der Waals surface area contributed by atoms with Crippen LogP contribution in [0.1, 0.15) is 62.7 Å². The molecule has 7 nitrogen and oxygen atoms in total. The van der Waals surface area contributed by atoms with Crippen LogP contribution in [0.5, 0.6) is 0 Å². The van der Waals surface area contributed by atoms with Gasteiger partial charge in [0.15, 0.2) is 11.9 Å². The van der Waals surface area contributed by atoms with Gasteiger partial charge in [0.25, 0.3) is 5.91 Å². The van der Waals surface area contributed by atoms with Crippen molar-refractivity contribution in [2.24, 2.45) is 0 Å². The van der Waals surface area contributed by atoms with E-state index in [1.54, 1.807) is 13.8 Å². The Labute approximate surface area is 171 Å². The van der Waals surface area contributed by atoms with Gasteiger partial charge in [0.05, 0.1) is 17.7 Å². The minimum atomic E-state index is -1.11. The van der Waals surface area contributed by atoms with Gasteiger partial charge < -0.3 is 15.0 Å². The molecule has 30 heavy (non-hydrogen) atoms. The van der Waals surface area contributed by atoms with Gasteiger partial charge in [0.2, 0.25) is 5.78 Å². The molecular weight excluding hydrogens is 398 g/mol. The average molecular weight is 420 g/mol. The van der Waals surface area contributed by atoms with Gasteiger partial charge in [-0.3, -0.25) is 19.2 Å². The fraction of sp³-hybridized carbons (Fsp3) is 0.333. The monoisotopic (exact) mass is 420 g/mol. The molecule has 0 aliphatic carbocycles. The zero-order valence-corrected chi connectivity index (χ0v) is 17.0. The van der Waals surface area contributed by atoms with Crippen LogP contribution in [0.15, 0.2) is 18.2 Å². The number of ketones is 2. The third-order valence-corrected chi connectivity index (χ3v) is 4.50. The number of esters is 1. The summed E-state index contributed by atoms with van der Waals surface area (Å²) in [7, 11) is 0. The molecule has 1 amide bonds. The van der Waals surface area contributed by atoms with Gasteiger partial charge in [0.1, 0.15) is 11.6 Å². The largest absolute Gasteiger partial charge is 0.454 e. The molecule has 2 aromatic rings. The van der Waals surface area contributed by atoms with Crippen molar-refractivity contribution in [3.05, 3.63) is 57.9 Å². The maximum absolute atomic E-state index is 13.6. The number of benzene rings is 1. The molecule has 1 aromatic carbocycles. The summed E-state index contributed by atoms with van der Waals surface area (Å²) in [6.07, 6.45) is -1.37. The number of amides is 1. The fourth-order valence-corrected chi connectivity index (χ4v) is 3.08. The summed E-state index contributed by atoms with van der Waals surface area (Å²) >= 11 is 0. The van der Waals surface area contributed by atoms with Crippen LogP contribution in [0, 0.1) is 25.5 Å². The highest BCUT2D eigenvalue weighted by Crippen LogP contribution is 2.20. The summed E-state index contributed by atoms with van der Waals surface area (Å²) in [6.45, 7) is 5.93. The van der Waals surface area contributed by atoms with Crippen molar-refractivity contribution in [2.75, 3.05) is 6.54 Å². The molecule has 0 radical (unpaired) electrons. The highest BCUT2D eigenvalue weighted by atomic mass is 19.1. The highest BCUT2D eigenvalue weighted by molar-refractivity contribution is 6.05. The fourth-order valence-electron chi connectivity index (χ4n) is 3.08. The van der Waals surface area contributed by atoms with Crippen LogP contribution >= 0.6 is 0 Å². The van der Waals surface area contributed by atoms with Crippen molar-refractivity contribution in [1.29, 1.82) is 0 Å². The topological polar surface area (TPSA) is 105 Å². The molecule has 1 aromatic heterocycles. The maximum atomic E-state index is 13.6.